The lowest BCUT2D eigenvalue weighted by atomic mass is 10.00. The number of benzene rings is 2. The molecule has 2 rings (SSSR count). The van der Waals surface area contributed by atoms with Crippen molar-refractivity contribution in [2.75, 3.05) is 14.2 Å². The second kappa shape index (κ2) is 8.57. The molecule has 0 bridgehead atoms. The molecule has 6 heteroatoms. The van der Waals surface area contributed by atoms with Crippen LogP contribution >= 0.6 is 0 Å². The predicted molar refractivity (Wildman–Crippen MR) is 91.8 cm³/mol. The Kier molecular flexibility index (Phi) is 6.19. The van der Waals surface area contributed by atoms with E-state index in [2.05, 4.69) is 10.3 Å². The molecular formula is C18H20N2O4. The van der Waals surface area contributed by atoms with Crippen LogP contribution in [-0.2, 0) is 12.8 Å². The van der Waals surface area contributed by atoms with Crippen LogP contribution in [0.25, 0.3) is 0 Å². The fourth-order valence-corrected chi connectivity index (χ4v) is 2.26. The van der Waals surface area contributed by atoms with E-state index < -0.39 is 0 Å². The first kappa shape index (κ1) is 17.3. The summed E-state index contributed by atoms with van der Waals surface area (Å²) in [7, 11) is 3.20. The molecule has 2 aromatic carbocycles. The first-order chi connectivity index (χ1) is 11.7. The quantitative estimate of drug-likeness (QED) is 0.464. The summed E-state index contributed by atoms with van der Waals surface area (Å²) in [5.41, 5.74) is 2.44. The number of hydrogen-bond acceptors (Lipinski definition) is 6. The van der Waals surface area contributed by atoms with Gasteiger partial charge < -0.3 is 19.9 Å². The molecule has 0 aliphatic heterocycles. The summed E-state index contributed by atoms with van der Waals surface area (Å²) in [5, 5.41) is 25.2. The van der Waals surface area contributed by atoms with Crippen molar-refractivity contribution in [2.45, 2.75) is 12.8 Å². The van der Waals surface area contributed by atoms with E-state index >= 15 is 0 Å². The molecule has 0 aliphatic rings. The highest BCUT2D eigenvalue weighted by Gasteiger charge is 2.13. The summed E-state index contributed by atoms with van der Waals surface area (Å²) < 4.78 is 10.2. The van der Waals surface area contributed by atoms with Gasteiger partial charge in [-0.1, -0.05) is 34.6 Å². The van der Waals surface area contributed by atoms with Crippen molar-refractivity contribution in [1.29, 1.82) is 0 Å². The summed E-state index contributed by atoms with van der Waals surface area (Å²) in [4.78, 5) is 0. The van der Waals surface area contributed by atoms with E-state index in [0.717, 1.165) is 22.6 Å². The van der Waals surface area contributed by atoms with Gasteiger partial charge in [0.25, 0.3) is 0 Å². The molecule has 0 aromatic heterocycles. The largest absolute Gasteiger partial charge is 0.497 e. The maximum absolute atomic E-state index is 9.30. The molecule has 2 aromatic rings. The second-order valence-corrected chi connectivity index (χ2v) is 5.14. The minimum Gasteiger partial charge on any atom is -0.497 e. The molecule has 0 heterocycles. The van der Waals surface area contributed by atoms with E-state index in [4.69, 9.17) is 9.47 Å². The Morgan fingerprint density at radius 1 is 0.708 bits per heavy atom. The summed E-state index contributed by atoms with van der Waals surface area (Å²) >= 11 is 0. The maximum atomic E-state index is 9.30. The Labute approximate surface area is 140 Å². The predicted octanol–water partition coefficient (Wildman–Crippen LogP) is 3.15. The number of oxime groups is 2. The second-order valence-electron chi connectivity index (χ2n) is 5.14. The number of ether oxygens (including phenoxy) is 2. The van der Waals surface area contributed by atoms with Gasteiger partial charge in [0.2, 0.25) is 0 Å². The van der Waals surface area contributed by atoms with Gasteiger partial charge in [-0.25, -0.2) is 0 Å². The zero-order valence-corrected chi connectivity index (χ0v) is 13.6. The fraction of sp³-hybridized carbons (Fsp3) is 0.222. The SMILES string of the molecule is COc1ccc(CC(=N\O)/C(Cc2ccc(OC)cc2)=N/O)cc1. The zero-order valence-electron chi connectivity index (χ0n) is 13.6. The molecule has 6 nitrogen and oxygen atoms in total. The number of hydrogen-bond donors (Lipinski definition) is 2. The van der Waals surface area contributed by atoms with Crippen LogP contribution in [0.3, 0.4) is 0 Å². The van der Waals surface area contributed by atoms with Gasteiger partial charge in [0, 0.05) is 12.8 Å². The third kappa shape index (κ3) is 4.49. The Morgan fingerprint density at radius 2 is 1.04 bits per heavy atom. The molecule has 0 aliphatic carbocycles. The highest BCUT2D eigenvalue weighted by molar-refractivity contribution is 6.42. The third-order valence-electron chi connectivity index (χ3n) is 3.64. The standard InChI is InChI=1S/C18H20N2O4/c1-23-15-7-3-13(4-8-15)11-17(19-21)18(20-22)12-14-5-9-16(24-2)10-6-14/h3-10,21-22H,11-12H2,1-2H3/b19-17+,20-18+. The van der Waals surface area contributed by atoms with Gasteiger partial charge >= 0.3 is 0 Å². The van der Waals surface area contributed by atoms with Crippen LogP contribution < -0.4 is 9.47 Å². The molecule has 0 radical (unpaired) electrons. The van der Waals surface area contributed by atoms with Crippen LogP contribution in [0, 0.1) is 0 Å². The van der Waals surface area contributed by atoms with Crippen molar-refractivity contribution in [1.82, 2.24) is 0 Å². The topological polar surface area (TPSA) is 83.6 Å². The van der Waals surface area contributed by atoms with Crippen LogP contribution in [0.2, 0.25) is 0 Å². The van der Waals surface area contributed by atoms with Crippen LogP contribution in [0.15, 0.2) is 58.8 Å². The average Bonchev–Trinajstić information content (AvgIpc) is 2.65. The van der Waals surface area contributed by atoms with Gasteiger partial charge in [0.15, 0.2) is 0 Å². The van der Waals surface area contributed by atoms with E-state index in [-0.39, 0.29) is 0 Å². The highest BCUT2D eigenvalue weighted by Crippen LogP contribution is 2.15. The first-order valence-corrected chi connectivity index (χ1v) is 7.38. The van der Waals surface area contributed by atoms with Gasteiger partial charge in [-0.05, 0) is 35.4 Å². The zero-order chi connectivity index (χ0) is 17.4. The van der Waals surface area contributed by atoms with E-state index in [1.165, 1.54) is 0 Å². The molecule has 0 saturated heterocycles. The number of methoxy groups -OCH3 is 2. The Balaban J connectivity index is 2.10. The molecule has 126 valence electrons. The summed E-state index contributed by atoms with van der Waals surface area (Å²) in [6.45, 7) is 0. The lowest BCUT2D eigenvalue weighted by Crippen LogP contribution is -2.20. The fourth-order valence-electron chi connectivity index (χ4n) is 2.26. The summed E-state index contributed by atoms with van der Waals surface area (Å²) in [6.07, 6.45) is 0.687. The summed E-state index contributed by atoms with van der Waals surface area (Å²) in [6, 6.07) is 14.8. The van der Waals surface area contributed by atoms with Crippen molar-refractivity contribution < 1.29 is 19.9 Å². The Hall–Kier alpha value is -3.02. The average molecular weight is 328 g/mol. The smallest absolute Gasteiger partial charge is 0.118 e. The van der Waals surface area contributed by atoms with Crippen LogP contribution in [0.5, 0.6) is 11.5 Å². The monoisotopic (exact) mass is 328 g/mol. The van der Waals surface area contributed by atoms with Crippen molar-refractivity contribution in [2.24, 2.45) is 10.3 Å². The first-order valence-electron chi connectivity index (χ1n) is 7.38. The van der Waals surface area contributed by atoms with Crippen molar-refractivity contribution in [3.05, 3.63) is 59.7 Å². The summed E-state index contributed by atoms with van der Waals surface area (Å²) in [5.74, 6) is 1.49. The lowest BCUT2D eigenvalue weighted by Gasteiger charge is -2.09. The van der Waals surface area contributed by atoms with Gasteiger partial charge in [0.05, 0.1) is 14.2 Å². The molecule has 0 spiro atoms. The third-order valence-corrected chi connectivity index (χ3v) is 3.64. The molecule has 0 saturated carbocycles. The van der Waals surface area contributed by atoms with Gasteiger partial charge in [0.1, 0.15) is 22.9 Å². The molecule has 0 fully saturated rings. The molecule has 0 amide bonds. The Morgan fingerprint density at radius 3 is 1.29 bits per heavy atom. The minimum absolute atomic E-state index is 0.304. The van der Waals surface area contributed by atoms with Crippen molar-refractivity contribution in [3.63, 3.8) is 0 Å². The van der Waals surface area contributed by atoms with Crippen LogP contribution in [-0.4, -0.2) is 36.1 Å². The van der Waals surface area contributed by atoms with E-state index in [1.807, 2.05) is 48.5 Å². The molecule has 2 N–H and O–H groups in total. The molecule has 24 heavy (non-hydrogen) atoms. The van der Waals surface area contributed by atoms with Crippen molar-refractivity contribution in [3.8, 4) is 11.5 Å². The molecule has 0 unspecified atom stereocenters. The number of nitrogens with zero attached hydrogens (tertiary/aromatic N) is 2. The van der Waals surface area contributed by atoms with E-state index in [1.54, 1.807) is 14.2 Å². The van der Waals surface area contributed by atoms with Gasteiger partial charge in [-0.15, -0.1) is 0 Å². The van der Waals surface area contributed by atoms with E-state index in [9.17, 15) is 10.4 Å². The van der Waals surface area contributed by atoms with Gasteiger partial charge in [-0.3, -0.25) is 0 Å². The maximum Gasteiger partial charge on any atom is 0.118 e. The normalized spacial score (nSPS) is 12.1. The highest BCUT2D eigenvalue weighted by atomic mass is 16.5. The Bertz CT molecular complexity index is 643. The molecular weight excluding hydrogens is 308 g/mol. The van der Waals surface area contributed by atoms with Crippen LogP contribution in [0.1, 0.15) is 11.1 Å². The minimum atomic E-state index is 0.304. The van der Waals surface area contributed by atoms with Gasteiger partial charge in [-0.2, -0.15) is 0 Å². The van der Waals surface area contributed by atoms with Crippen molar-refractivity contribution >= 4 is 11.4 Å². The van der Waals surface area contributed by atoms with Crippen LogP contribution in [0.4, 0.5) is 0 Å². The lowest BCUT2D eigenvalue weighted by molar-refractivity contribution is 0.313. The number of rotatable bonds is 7. The van der Waals surface area contributed by atoms with E-state index in [0.29, 0.717) is 24.3 Å². The molecule has 0 atom stereocenters.